The first-order valence-electron chi connectivity index (χ1n) is 6.08. The number of nitrogens with zero attached hydrogens (tertiary/aromatic N) is 2. The third-order valence-corrected chi connectivity index (χ3v) is 2.78. The SMILES string of the molecule is CN(C)CCCC(N)C(O)Cc1ccccn1. The van der Waals surface area contributed by atoms with Crippen molar-refractivity contribution in [2.45, 2.75) is 31.4 Å². The molecule has 96 valence electrons. The van der Waals surface area contributed by atoms with E-state index < -0.39 is 6.10 Å². The number of aliphatic hydroxyl groups excluding tert-OH is 1. The quantitative estimate of drug-likeness (QED) is 0.731. The molecular formula is C13H23N3O. The Kier molecular flexibility index (Phi) is 6.11. The molecule has 4 nitrogen and oxygen atoms in total. The molecule has 0 amide bonds. The molecule has 1 aromatic rings. The van der Waals surface area contributed by atoms with E-state index in [1.807, 2.05) is 32.3 Å². The van der Waals surface area contributed by atoms with Crippen LogP contribution < -0.4 is 5.73 Å². The third-order valence-electron chi connectivity index (χ3n) is 2.78. The first-order chi connectivity index (χ1) is 8.09. The minimum absolute atomic E-state index is 0.169. The van der Waals surface area contributed by atoms with E-state index in [1.165, 1.54) is 0 Å². The van der Waals surface area contributed by atoms with Crippen LogP contribution in [0, 0.1) is 0 Å². The summed E-state index contributed by atoms with van der Waals surface area (Å²) in [6, 6.07) is 5.53. The van der Waals surface area contributed by atoms with Crippen molar-refractivity contribution < 1.29 is 5.11 Å². The second kappa shape index (κ2) is 7.37. The first-order valence-corrected chi connectivity index (χ1v) is 6.08. The summed E-state index contributed by atoms with van der Waals surface area (Å²) in [6.07, 6.45) is 3.61. The number of aromatic nitrogens is 1. The molecule has 1 aromatic heterocycles. The molecule has 2 atom stereocenters. The van der Waals surface area contributed by atoms with Crippen LogP contribution in [0.3, 0.4) is 0 Å². The van der Waals surface area contributed by atoms with Crippen LogP contribution in [0.2, 0.25) is 0 Å². The van der Waals surface area contributed by atoms with Gasteiger partial charge in [-0.05, 0) is 45.6 Å². The van der Waals surface area contributed by atoms with Crippen molar-refractivity contribution in [3.05, 3.63) is 30.1 Å². The smallest absolute Gasteiger partial charge is 0.0746 e. The van der Waals surface area contributed by atoms with Gasteiger partial charge in [-0.2, -0.15) is 0 Å². The number of hydrogen-bond donors (Lipinski definition) is 2. The molecule has 0 radical (unpaired) electrons. The Morgan fingerprint density at radius 1 is 1.41 bits per heavy atom. The second-order valence-corrected chi connectivity index (χ2v) is 4.70. The Morgan fingerprint density at radius 3 is 2.76 bits per heavy atom. The van der Waals surface area contributed by atoms with Gasteiger partial charge in [0.1, 0.15) is 0 Å². The minimum Gasteiger partial charge on any atom is -0.391 e. The molecular weight excluding hydrogens is 214 g/mol. The fourth-order valence-electron chi connectivity index (χ4n) is 1.72. The van der Waals surface area contributed by atoms with E-state index in [1.54, 1.807) is 6.20 Å². The molecule has 0 fully saturated rings. The van der Waals surface area contributed by atoms with Crippen LogP contribution in [0.5, 0.6) is 0 Å². The summed E-state index contributed by atoms with van der Waals surface area (Å²) >= 11 is 0. The normalized spacial score (nSPS) is 14.9. The zero-order valence-corrected chi connectivity index (χ0v) is 10.7. The molecule has 4 heteroatoms. The van der Waals surface area contributed by atoms with Crippen molar-refractivity contribution >= 4 is 0 Å². The van der Waals surface area contributed by atoms with Gasteiger partial charge in [0.05, 0.1) is 6.10 Å². The van der Waals surface area contributed by atoms with Gasteiger partial charge in [0.25, 0.3) is 0 Å². The molecule has 17 heavy (non-hydrogen) atoms. The van der Waals surface area contributed by atoms with E-state index in [-0.39, 0.29) is 6.04 Å². The lowest BCUT2D eigenvalue weighted by Crippen LogP contribution is -2.36. The highest BCUT2D eigenvalue weighted by molar-refractivity contribution is 5.05. The number of rotatable bonds is 7. The molecule has 0 aromatic carbocycles. The molecule has 0 saturated heterocycles. The maximum Gasteiger partial charge on any atom is 0.0746 e. The maximum absolute atomic E-state index is 9.96. The molecule has 0 spiro atoms. The number of aliphatic hydroxyl groups is 1. The van der Waals surface area contributed by atoms with Gasteiger partial charge < -0.3 is 15.7 Å². The highest BCUT2D eigenvalue weighted by Crippen LogP contribution is 2.06. The van der Waals surface area contributed by atoms with Crippen molar-refractivity contribution in [3.8, 4) is 0 Å². The summed E-state index contributed by atoms with van der Waals surface area (Å²) in [5, 5.41) is 9.96. The third kappa shape index (κ3) is 5.77. The Morgan fingerprint density at radius 2 is 2.18 bits per heavy atom. The number of nitrogens with two attached hydrogens (primary N) is 1. The van der Waals surface area contributed by atoms with Crippen LogP contribution in [0.25, 0.3) is 0 Å². The fraction of sp³-hybridized carbons (Fsp3) is 0.615. The van der Waals surface area contributed by atoms with E-state index in [0.29, 0.717) is 6.42 Å². The molecule has 0 aliphatic heterocycles. The molecule has 1 rings (SSSR count). The summed E-state index contributed by atoms with van der Waals surface area (Å²) in [5.74, 6) is 0. The van der Waals surface area contributed by atoms with Crippen LogP contribution in [0.1, 0.15) is 18.5 Å². The second-order valence-electron chi connectivity index (χ2n) is 4.70. The fourth-order valence-corrected chi connectivity index (χ4v) is 1.72. The van der Waals surface area contributed by atoms with Gasteiger partial charge in [0, 0.05) is 24.4 Å². The van der Waals surface area contributed by atoms with Gasteiger partial charge in [0.2, 0.25) is 0 Å². The molecule has 0 aliphatic rings. The van der Waals surface area contributed by atoms with Crippen molar-refractivity contribution in [1.82, 2.24) is 9.88 Å². The molecule has 0 aliphatic carbocycles. The summed E-state index contributed by atoms with van der Waals surface area (Å²) in [6.45, 7) is 1.00. The lowest BCUT2D eigenvalue weighted by Gasteiger charge is -2.19. The van der Waals surface area contributed by atoms with Gasteiger partial charge in [-0.25, -0.2) is 0 Å². The molecule has 0 bridgehead atoms. The number of pyridine rings is 1. The highest BCUT2D eigenvalue weighted by Gasteiger charge is 2.15. The lowest BCUT2D eigenvalue weighted by molar-refractivity contribution is 0.137. The van der Waals surface area contributed by atoms with Crippen LogP contribution >= 0.6 is 0 Å². The van der Waals surface area contributed by atoms with E-state index in [2.05, 4.69) is 9.88 Å². The predicted octanol–water partition coefficient (Wildman–Crippen LogP) is 0.654. The standard InChI is InChI=1S/C13H23N3O/c1-16(2)9-5-7-12(14)13(17)10-11-6-3-4-8-15-11/h3-4,6,8,12-13,17H,5,7,9-10,14H2,1-2H3. The lowest BCUT2D eigenvalue weighted by atomic mass is 10.0. The van der Waals surface area contributed by atoms with Crippen LogP contribution in [-0.2, 0) is 6.42 Å². The summed E-state index contributed by atoms with van der Waals surface area (Å²) in [4.78, 5) is 6.31. The Hall–Kier alpha value is -0.970. The Labute approximate surface area is 103 Å². The van der Waals surface area contributed by atoms with Crippen LogP contribution in [0.4, 0.5) is 0 Å². The Balaban J connectivity index is 2.29. The van der Waals surface area contributed by atoms with Crippen molar-refractivity contribution in [2.75, 3.05) is 20.6 Å². The summed E-state index contributed by atoms with van der Waals surface area (Å²) < 4.78 is 0. The summed E-state index contributed by atoms with van der Waals surface area (Å²) in [7, 11) is 4.08. The Bertz CT molecular complexity index is 303. The largest absolute Gasteiger partial charge is 0.391 e. The average Bonchev–Trinajstić information content (AvgIpc) is 2.29. The van der Waals surface area contributed by atoms with E-state index in [9.17, 15) is 5.11 Å². The highest BCUT2D eigenvalue weighted by atomic mass is 16.3. The minimum atomic E-state index is -0.507. The topological polar surface area (TPSA) is 62.4 Å². The summed E-state index contributed by atoms with van der Waals surface area (Å²) in [5.41, 5.74) is 6.85. The van der Waals surface area contributed by atoms with Gasteiger partial charge >= 0.3 is 0 Å². The molecule has 2 unspecified atom stereocenters. The molecule has 0 saturated carbocycles. The van der Waals surface area contributed by atoms with Crippen molar-refractivity contribution in [3.63, 3.8) is 0 Å². The zero-order chi connectivity index (χ0) is 12.7. The van der Waals surface area contributed by atoms with Gasteiger partial charge in [-0.3, -0.25) is 4.98 Å². The first kappa shape index (κ1) is 14.1. The van der Waals surface area contributed by atoms with Gasteiger partial charge in [0.15, 0.2) is 0 Å². The predicted molar refractivity (Wildman–Crippen MR) is 69.7 cm³/mol. The van der Waals surface area contributed by atoms with E-state index in [0.717, 1.165) is 25.1 Å². The average molecular weight is 237 g/mol. The number of hydrogen-bond acceptors (Lipinski definition) is 4. The molecule has 1 heterocycles. The van der Waals surface area contributed by atoms with E-state index in [4.69, 9.17) is 5.73 Å². The van der Waals surface area contributed by atoms with Crippen LogP contribution in [0.15, 0.2) is 24.4 Å². The molecule has 3 N–H and O–H groups in total. The van der Waals surface area contributed by atoms with Gasteiger partial charge in [-0.1, -0.05) is 6.07 Å². The van der Waals surface area contributed by atoms with Crippen molar-refractivity contribution in [2.24, 2.45) is 5.73 Å². The monoisotopic (exact) mass is 237 g/mol. The van der Waals surface area contributed by atoms with Gasteiger partial charge in [-0.15, -0.1) is 0 Å². The van der Waals surface area contributed by atoms with E-state index >= 15 is 0 Å². The van der Waals surface area contributed by atoms with Crippen molar-refractivity contribution in [1.29, 1.82) is 0 Å². The maximum atomic E-state index is 9.96. The zero-order valence-electron chi connectivity index (χ0n) is 10.7. The van der Waals surface area contributed by atoms with Crippen LogP contribution in [-0.4, -0.2) is 47.8 Å².